The maximum Gasteiger partial charge on any atom is 0.226 e. The Morgan fingerprint density at radius 2 is 1.67 bits per heavy atom. The molecule has 27 heavy (non-hydrogen) atoms. The van der Waals surface area contributed by atoms with Crippen LogP contribution in [0.25, 0.3) is 0 Å². The van der Waals surface area contributed by atoms with E-state index in [1.54, 1.807) is 0 Å². The van der Waals surface area contributed by atoms with Crippen LogP contribution < -0.4 is 9.79 Å². The Labute approximate surface area is 159 Å². The first-order valence-corrected chi connectivity index (χ1v) is 9.81. The Bertz CT molecular complexity index is 833. The summed E-state index contributed by atoms with van der Waals surface area (Å²) in [4.78, 5) is 27.9. The minimum Gasteiger partial charge on any atom is -0.368 e. The van der Waals surface area contributed by atoms with E-state index in [1.807, 2.05) is 12.1 Å². The van der Waals surface area contributed by atoms with Gasteiger partial charge in [-0.3, -0.25) is 4.79 Å². The number of piperazine rings is 1. The lowest BCUT2D eigenvalue weighted by atomic mass is 10.0. The van der Waals surface area contributed by atoms with Crippen molar-refractivity contribution in [3.8, 4) is 5.75 Å². The van der Waals surface area contributed by atoms with Crippen molar-refractivity contribution in [1.29, 1.82) is 0 Å². The van der Waals surface area contributed by atoms with Crippen molar-refractivity contribution >= 4 is 11.6 Å². The molecule has 0 N–H and O–H groups in total. The number of carbonyl (C=O) groups is 1. The summed E-state index contributed by atoms with van der Waals surface area (Å²) < 4.78 is 0. The smallest absolute Gasteiger partial charge is 0.226 e. The van der Waals surface area contributed by atoms with Gasteiger partial charge in [0.1, 0.15) is 0 Å². The van der Waals surface area contributed by atoms with Crippen LogP contribution in [-0.4, -0.2) is 43.6 Å². The Morgan fingerprint density at radius 3 is 2.41 bits per heavy atom. The van der Waals surface area contributed by atoms with E-state index in [1.165, 1.54) is 22.4 Å². The molecule has 3 aliphatic rings. The minimum absolute atomic E-state index is 0.115. The summed E-state index contributed by atoms with van der Waals surface area (Å²) in [5.74, 6) is 1.25. The standard InChI is InChI=1S/C22H24N2O3/c25-22(18-14-16-4-1-2-5-17(16)15-18)24-11-9-23(10-12-24)20-6-3-7-21-19(20)8-13-26-27-21/h1-7,18H,8-15H2. The third-order valence-electron chi connectivity index (χ3n) is 6.02. The number of benzene rings is 2. The third kappa shape index (κ3) is 3.06. The number of nitrogens with zero attached hydrogens (tertiary/aromatic N) is 2. The van der Waals surface area contributed by atoms with Crippen LogP contribution in [0, 0.1) is 5.92 Å². The lowest BCUT2D eigenvalue weighted by molar-refractivity contribution is -0.215. The number of fused-ring (bicyclic) bond motifs is 2. The van der Waals surface area contributed by atoms with Gasteiger partial charge in [-0.25, -0.2) is 0 Å². The predicted octanol–water partition coefficient (Wildman–Crippen LogP) is 2.62. The Morgan fingerprint density at radius 1 is 0.926 bits per heavy atom. The molecule has 140 valence electrons. The first kappa shape index (κ1) is 16.6. The molecule has 1 fully saturated rings. The van der Waals surface area contributed by atoms with Gasteiger partial charge in [0, 0.05) is 49.8 Å². The fourth-order valence-corrected chi connectivity index (χ4v) is 4.59. The lowest BCUT2D eigenvalue weighted by Gasteiger charge is -2.38. The quantitative estimate of drug-likeness (QED) is 0.769. The minimum atomic E-state index is 0.115. The van der Waals surface area contributed by atoms with Gasteiger partial charge in [-0.15, -0.1) is 0 Å². The van der Waals surface area contributed by atoms with Gasteiger partial charge in [0.05, 0.1) is 6.61 Å². The van der Waals surface area contributed by atoms with Crippen molar-refractivity contribution in [3.05, 3.63) is 59.2 Å². The zero-order chi connectivity index (χ0) is 18.2. The number of hydrogen-bond donors (Lipinski definition) is 0. The average molecular weight is 364 g/mol. The van der Waals surface area contributed by atoms with Crippen LogP contribution in [0.1, 0.15) is 16.7 Å². The molecule has 0 bridgehead atoms. The molecule has 1 saturated heterocycles. The maximum atomic E-state index is 13.0. The molecule has 1 amide bonds. The summed E-state index contributed by atoms with van der Waals surface area (Å²) in [6, 6.07) is 14.6. The second kappa shape index (κ2) is 6.89. The first-order chi connectivity index (χ1) is 13.3. The summed E-state index contributed by atoms with van der Waals surface area (Å²) in [6.45, 7) is 3.88. The largest absolute Gasteiger partial charge is 0.368 e. The van der Waals surface area contributed by atoms with Crippen molar-refractivity contribution in [2.45, 2.75) is 19.3 Å². The Kier molecular flexibility index (Phi) is 4.24. The lowest BCUT2D eigenvalue weighted by Crippen LogP contribution is -2.50. The van der Waals surface area contributed by atoms with E-state index in [0.29, 0.717) is 12.5 Å². The van der Waals surface area contributed by atoms with Gasteiger partial charge >= 0.3 is 0 Å². The first-order valence-electron chi connectivity index (χ1n) is 9.81. The number of carbonyl (C=O) groups excluding carboxylic acids is 1. The van der Waals surface area contributed by atoms with E-state index < -0.39 is 0 Å². The summed E-state index contributed by atoms with van der Waals surface area (Å²) >= 11 is 0. The molecular formula is C22H24N2O3. The van der Waals surface area contributed by atoms with Gasteiger partial charge in [0.15, 0.2) is 5.75 Å². The number of hydrogen-bond acceptors (Lipinski definition) is 4. The van der Waals surface area contributed by atoms with Crippen LogP contribution in [0.3, 0.4) is 0 Å². The van der Waals surface area contributed by atoms with Crippen LogP contribution in [-0.2, 0) is 28.9 Å². The van der Waals surface area contributed by atoms with Crippen LogP contribution in [0.15, 0.2) is 42.5 Å². The molecule has 0 saturated carbocycles. The topological polar surface area (TPSA) is 42.0 Å². The highest BCUT2D eigenvalue weighted by molar-refractivity contribution is 5.81. The van der Waals surface area contributed by atoms with E-state index >= 15 is 0 Å². The molecule has 2 aromatic rings. The van der Waals surface area contributed by atoms with Crippen molar-refractivity contribution in [3.63, 3.8) is 0 Å². The molecule has 5 rings (SSSR count). The van der Waals surface area contributed by atoms with Gasteiger partial charge in [0.25, 0.3) is 0 Å². The molecule has 5 nitrogen and oxygen atoms in total. The molecule has 5 heteroatoms. The molecule has 0 atom stereocenters. The van der Waals surface area contributed by atoms with E-state index in [4.69, 9.17) is 9.78 Å². The number of amides is 1. The Hall–Kier alpha value is -2.53. The van der Waals surface area contributed by atoms with Crippen LogP contribution in [0.4, 0.5) is 5.69 Å². The highest BCUT2D eigenvalue weighted by Gasteiger charge is 2.32. The normalized spacial score (nSPS) is 19.4. The molecule has 0 spiro atoms. The summed E-state index contributed by atoms with van der Waals surface area (Å²) in [6.07, 6.45) is 2.64. The van der Waals surface area contributed by atoms with Gasteiger partial charge in [0.2, 0.25) is 5.91 Å². The van der Waals surface area contributed by atoms with Gasteiger partial charge in [-0.2, -0.15) is 4.89 Å². The summed E-state index contributed by atoms with van der Waals surface area (Å²) in [7, 11) is 0. The molecular weight excluding hydrogens is 340 g/mol. The average Bonchev–Trinajstić information content (AvgIpc) is 3.17. The maximum absolute atomic E-state index is 13.0. The van der Waals surface area contributed by atoms with Gasteiger partial charge in [-0.1, -0.05) is 30.3 Å². The van der Waals surface area contributed by atoms with E-state index in [0.717, 1.165) is 51.2 Å². The van der Waals surface area contributed by atoms with Crippen molar-refractivity contribution in [2.75, 3.05) is 37.7 Å². The summed E-state index contributed by atoms with van der Waals surface area (Å²) in [5.41, 5.74) is 5.12. The van der Waals surface area contributed by atoms with E-state index in [-0.39, 0.29) is 5.92 Å². The van der Waals surface area contributed by atoms with Crippen LogP contribution >= 0.6 is 0 Å². The molecule has 2 aliphatic heterocycles. The van der Waals surface area contributed by atoms with E-state index in [2.05, 4.69) is 40.1 Å². The molecule has 1 aliphatic carbocycles. The molecule has 2 heterocycles. The number of anilines is 1. The van der Waals surface area contributed by atoms with Crippen LogP contribution in [0.5, 0.6) is 5.75 Å². The monoisotopic (exact) mass is 364 g/mol. The van der Waals surface area contributed by atoms with Crippen molar-refractivity contribution < 1.29 is 14.6 Å². The molecule has 0 aromatic heterocycles. The van der Waals surface area contributed by atoms with Crippen molar-refractivity contribution in [2.24, 2.45) is 5.92 Å². The number of rotatable bonds is 2. The third-order valence-corrected chi connectivity index (χ3v) is 6.02. The molecule has 0 radical (unpaired) electrons. The fourth-order valence-electron chi connectivity index (χ4n) is 4.59. The van der Waals surface area contributed by atoms with E-state index in [9.17, 15) is 4.79 Å². The Balaban J connectivity index is 1.24. The fraction of sp³-hybridized carbons (Fsp3) is 0.409. The zero-order valence-electron chi connectivity index (χ0n) is 15.4. The molecule has 2 aromatic carbocycles. The molecule has 0 unspecified atom stereocenters. The highest BCUT2D eigenvalue weighted by atomic mass is 17.2. The zero-order valence-corrected chi connectivity index (χ0v) is 15.4. The highest BCUT2D eigenvalue weighted by Crippen LogP contribution is 2.33. The summed E-state index contributed by atoms with van der Waals surface area (Å²) in [5, 5.41) is 0. The second-order valence-corrected chi connectivity index (χ2v) is 7.60. The second-order valence-electron chi connectivity index (χ2n) is 7.60. The SMILES string of the molecule is O=C(C1Cc2ccccc2C1)N1CCN(c2cccc3c2CCOO3)CC1. The van der Waals surface area contributed by atoms with Crippen molar-refractivity contribution in [1.82, 2.24) is 4.90 Å². The van der Waals surface area contributed by atoms with Gasteiger partial charge < -0.3 is 14.7 Å². The predicted molar refractivity (Wildman–Crippen MR) is 103 cm³/mol. The van der Waals surface area contributed by atoms with Crippen LogP contribution in [0.2, 0.25) is 0 Å². The van der Waals surface area contributed by atoms with Gasteiger partial charge in [-0.05, 0) is 36.1 Å².